The van der Waals surface area contributed by atoms with Gasteiger partial charge in [-0.15, -0.1) is 0 Å². The van der Waals surface area contributed by atoms with E-state index in [0.29, 0.717) is 13.2 Å². The number of rotatable bonds is 4. The average Bonchev–Trinajstić information content (AvgIpc) is 1.69. The van der Waals surface area contributed by atoms with Gasteiger partial charge in [-0.2, -0.15) is 0 Å². The van der Waals surface area contributed by atoms with Gasteiger partial charge in [0.25, 0.3) is 0 Å². The first-order valence-corrected chi connectivity index (χ1v) is 2.35. The Morgan fingerprint density at radius 1 is 1.71 bits per heavy atom. The first-order chi connectivity index (χ1) is 3.41. The molecule has 0 heterocycles. The minimum Gasteiger partial charge on any atom is -0.379 e. The fraction of sp³-hybridized carbons (Fsp3) is 0.800. The maximum absolute atomic E-state index is 9.67. The molecule has 0 fully saturated rings. The zero-order valence-electron chi connectivity index (χ0n) is 4.52. The molecule has 0 atom stereocenters. The predicted molar refractivity (Wildman–Crippen MR) is 26.3 cm³/mol. The first kappa shape index (κ1) is 6.92. The highest BCUT2D eigenvalue weighted by Crippen LogP contribution is 1.75. The Labute approximate surface area is 44.1 Å². The summed E-state index contributed by atoms with van der Waals surface area (Å²) in [7, 11) is 0. The van der Waals surface area contributed by atoms with Crippen molar-refractivity contribution in [3.05, 3.63) is 6.42 Å². The summed E-state index contributed by atoms with van der Waals surface area (Å²) in [5.41, 5.74) is 0. The van der Waals surface area contributed by atoms with Crippen molar-refractivity contribution in [1.82, 2.24) is 0 Å². The lowest BCUT2D eigenvalue weighted by Crippen LogP contribution is -1.98. The lowest BCUT2D eigenvalue weighted by atomic mass is 10.5. The topological polar surface area (TPSA) is 29.1 Å². The fourth-order valence-corrected chi connectivity index (χ4v) is 0.260. The summed E-state index contributed by atoms with van der Waals surface area (Å²) in [6.07, 6.45) is 1.87. The van der Waals surface area contributed by atoms with Crippen LogP contribution in [0.3, 0.4) is 0 Å². The van der Waals surface area contributed by atoms with Crippen LogP contribution in [0.2, 0.25) is 0 Å². The van der Waals surface area contributed by atoms with E-state index in [-0.39, 0.29) is 6.61 Å². The van der Waals surface area contributed by atoms with Crippen molar-refractivity contribution < 1.29 is 9.84 Å². The molecule has 0 rings (SSSR count). The largest absolute Gasteiger partial charge is 0.379 e. The maximum atomic E-state index is 9.67. The molecule has 0 saturated carbocycles. The van der Waals surface area contributed by atoms with Gasteiger partial charge in [-0.1, -0.05) is 6.92 Å². The Balaban J connectivity index is 2.45. The van der Waals surface area contributed by atoms with E-state index in [0.717, 1.165) is 0 Å². The number of ether oxygens (including phenoxy) is 1. The number of hydrogen-bond donors (Lipinski definition) is 0. The van der Waals surface area contributed by atoms with Crippen molar-refractivity contribution in [3.8, 4) is 0 Å². The second kappa shape index (κ2) is 5.92. The average molecular weight is 102 g/mol. The van der Waals surface area contributed by atoms with Gasteiger partial charge in [0.15, 0.2) is 0 Å². The van der Waals surface area contributed by atoms with Gasteiger partial charge in [-0.3, -0.25) is 0 Å². The summed E-state index contributed by atoms with van der Waals surface area (Å²) in [6, 6.07) is 0. The monoisotopic (exact) mass is 102 g/mol. The van der Waals surface area contributed by atoms with Crippen molar-refractivity contribution in [2.24, 2.45) is 0 Å². The molecular weight excluding hydrogens is 92.1 g/mol. The third-order valence-electron chi connectivity index (χ3n) is 0.512. The van der Waals surface area contributed by atoms with Gasteiger partial charge < -0.3 is 4.74 Å². The van der Waals surface area contributed by atoms with E-state index >= 15 is 0 Å². The highest BCUT2D eigenvalue weighted by Gasteiger charge is 1.80. The van der Waals surface area contributed by atoms with Crippen molar-refractivity contribution in [3.63, 3.8) is 0 Å². The molecule has 0 amide bonds. The van der Waals surface area contributed by atoms with Crippen LogP contribution in [-0.4, -0.2) is 19.8 Å². The Morgan fingerprint density at radius 2 is 2.43 bits per heavy atom. The highest BCUT2D eigenvalue weighted by atomic mass is 16.5. The van der Waals surface area contributed by atoms with E-state index in [9.17, 15) is 5.11 Å². The van der Waals surface area contributed by atoms with Crippen LogP contribution >= 0.6 is 0 Å². The van der Waals surface area contributed by atoms with Gasteiger partial charge in [0, 0.05) is 6.61 Å². The molecule has 42 valence electrons. The van der Waals surface area contributed by atoms with Crippen LogP contribution in [0.1, 0.15) is 6.92 Å². The normalized spacial score (nSPS) is 9.43. The molecule has 0 aromatic heterocycles. The van der Waals surface area contributed by atoms with Gasteiger partial charge in [0.1, 0.15) is 6.61 Å². The molecule has 2 radical (unpaired) electrons. The zero-order valence-corrected chi connectivity index (χ0v) is 4.52. The molecule has 0 saturated heterocycles. The smallest absolute Gasteiger partial charge is 0.106 e. The van der Waals surface area contributed by atoms with Crippen LogP contribution in [-0.2, 0) is 9.84 Å². The van der Waals surface area contributed by atoms with Gasteiger partial charge in [-0.05, 0) is 6.42 Å². The molecule has 2 heteroatoms. The molecule has 0 aliphatic heterocycles. The molecule has 0 spiro atoms. The van der Waals surface area contributed by atoms with E-state index in [1.807, 2.05) is 13.3 Å². The third kappa shape index (κ3) is 5.92. The van der Waals surface area contributed by atoms with Crippen LogP contribution in [0, 0.1) is 6.42 Å². The van der Waals surface area contributed by atoms with Crippen LogP contribution in [0.4, 0.5) is 0 Å². The summed E-state index contributed by atoms with van der Waals surface area (Å²) in [6.45, 7) is 2.70. The summed E-state index contributed by atoms with van der Waals surface area (Å²) in [4.78, 5) is 0. The van der Waals surface area contributed by atoms with Crippen LogP contribution in [0.25, 0.3) is 0 Å². The Bertz CT molecular complexity index is 25.3. The van der Waals surface area contributed by atoms with Gasteiger partial charge in [0.05, 0.1) is 6.61 Å². The Kier molecular flexibility index (Phi) is 5.85. The van der Waals surface area contributed by atoms with Gasteiger partial charge in [0.2, 0.25) is 0 Å². The maximum Gasteiger partial charge on any atom is 0.106 e. The van der Waals surface area contributed by atoms with Crippen LogP contribution < -0.4 is 0 Å². The van der Waals surface area contributed by atoms with E-state index in [1.165, 1.54) is 0 Å². The SMILES string of the molecule is C[CH]COCC[O]. The standard InChI is InChI=1S/C5H10O2/c1-2-4-7-5-3-6/h2H,3-5H2,1H3. The molecule has 0 aliphatic carbocycles. The van der Waals surface area contributed by atoms with Crippen molar-refractivity contribution >= 4 is 0 Å². The predicted octanol–water partition coefficient (Wildman–Crippen LogP) is 0.658. The van der Waals surface area contributed by atoms with Gasteiger partial charge in [-0.25, -0.2) is 5.11 Å². The number of hydrogen-bond acceptors (Lipinski definition) is 1. The van der Waals surface area contributed by atoms with E-state index in [2.05, 4.69) is 0 Å². The van der Waals surface area contributed by atoms with Crippen molar-refractivity contribution in [2.75, 3.05) is 19.8 Å². The Morgan fingerprint density at radius 3 is 2.86 bits per heavy atom. The third-order valence-corrected chi connectivity index (χ3v) is 0.512. The lowest BCUT2D eigenvalue weighted by molar-refractivity contribution is 0.0741. The van der Waals surface area contributed by atoms with E-state index in [4.69, 9.17) is 4.74 Å². The lowest BCUT2D eigenvalue weighted by Gasteiger charge is -1.93. The summed E-state index contributed by atoms with van der Waals surface area (Å²) in [5.74, 6) is 0. The zero-order chi connectivity index (χ0) is 5.54. The molecule has 0 aromatic carbocycles. The second-order valence-corrected chi connectivity index (χ2v) is 1.19. The van der Waals surface area contributed by atoms with Crippen LogP contribution in [0.15, 0.2) is 0 Å². The van der Waals surface area contributed by atoms with E-state index < -0.39 is 0 Å². The summed E-state index contributed by atoms with van der Waals surface area (Å²) >= 11 is 0. The van der Waals surface area contributed by atoms with Crippen LogP contribution in [0.5, 0.6) is 0 Å². The Hall–Kier alpha value is -0.0800. The first-order valence-electron chi connectivity index (χ1n) is 2.35. The van der Waals surface area contributed by atoms with Crippen molar-refractivity contribution in [1.29, 1.82) is 0 Å². The fourth-order valence-electron chi connectivity index (χ4n) is 0.260. The molecule has 0 unspecified atom stereocenters. The van der Waals surface area contributed by atoms with E-state index in [1.54, 1.807) is 0 Å². The van der Waals surface area contributed by atoms with Gasteiger partial charge >= 0.3 is 0 Å². The summed E-state index contributed by atoms with van der Waals surface area (Å²) in [5, 5.41) is 9.67. The molecule has 2 nitrogen and oxygen atoms in total. The highest BCUT2D eigenvalue weighted by molar-refractivity contribution is 4.50. The molecular formula is C5H10O2. The quantitative estimate of drug-likeness (QED) is 0.479. The molecule has 0 aromatic rings. The molecule has 0 aliphatic rings. The molecule has 0 bridgehead atoms. The molecule has 7 heavy (non-hydrogen) atoms. The minimum atomic E-state index is -0.131. The minimum absolute atomic E-state index is 0.131. The second-order valence-electron chi connectivity index (χ2n) is 1.19. The van der Waals surface area contributed by atoms with Crippen molar-refractivity contribution in [2.45, 2.75) is 6.92 Å². The molecule has 0 N–H and O–H groups in total. The summed E-state index contributed by atoms with van der Waals surface area (Å²) < 4.78 is 4.76.